The Kier molecular flexibility index (Phi) is 1.98. The molecule has 0 nitrogen and oxygen atoms in total. The summed E-state index contributed by atoms with van der Waals surface area (Å²) in [6.07, 6.45) is 1.18. The molecule has 0 bridgehead atoms. The monoisotopic (exact) mass is 209 g/mol. The highest BCUT2D eigenvalue weighted by atomic mass is 35.5. The fraction of sp³-hybridized carbons (Fsp3) is 0.538. The van der Waals surface area contributed by atoms with E-state index < -0.39 is 0 Å². The maximum atomic E-state index is 6.28. The van der Waals surface area contributed by atoms with Gasteiger partial charge in [0.2, 0.25) is 0 Å². The van der Waals surface area contributed by atoms with Crippen LogP contribution in [0.25, 0.3) is 0 Å². The van der Waals surface area contributed by atoms with Gasteiger partial charge in [-0.05, 0) is 34.4 Å². The van der Waals surface area contributed by atoms with Crippen molar-refractivity contribution in [3.8, 4) is 0 Å². The van der Waals surface area contributed by atoms with Gasteiger partial charge in [0.1, 0.15) is 0 Å². The average Bonchev–Trinajstić information content (AvgIpc) is 2.18. The van der Waals surface area contributed by atoms with Gasteiger partial charge in [0.25, 0.3) is 0 Å². The van der Waals surface area contributed by atoms with Crippen LogP contribution in [0, 0.1) is 0 Å². The number of halogens is 1. The van der Waals surface area contributed by atoms with E-state index in [0.717, 1.165) is 5.02 Å². The number of hydrogen-bond donors (Lipinski definition) is 0. The number of rotatable bonds is 0. The van der Waals surface area contributed by atoms with Crippen LogP contribution in [-0.2, 0) is 10.8 Å². The molecule has 0 heterocycles. The summed E-state index contributed by atoms with van der Waals surface area (Å²) in [5.74, 6) is 0. The van der Waals surface area contributed by atoms with Gasteiger partial charge in [-0.15, -0.1) is 0 Å². The number of benzene rings is 1. The van der Waals surface area contributed by atoms with E-state index in [4.69, 9.17) is 11.6 Å². The SMILES string of the molecule is CC1(C)[13CH2]C(C)(C)c2c(Cl)cccc21. The molecule has 0 aromatic heterocycles. The Labute approximate surface area is 91.3 Å². The summed E-state index contributed by atoms with van der Waals surface area (Å²) in [7, 11) is 0. The van der Waals surface area contributed by atoms with Crippen molar-refractivity contribution in [2.75, 3.05) is 0 Å². The molecule has 14 heavy (non-hydrogen) atoms. The summed E-state index contributed by atoms with van der Waals surface area (Å²) < 4.78 is 0. The van der Waals surface area contributed by atoms with Crippen LogP contribution in [0.5, 0.6) is 0 Å². The molecule has 0 spiro atoms. The van der Waals surface area contributed by atoms with Crippen LogP contribution in [0.4, 0.5) is 0 Å². The zero-order chi connectivity index (χ0) is 10.6. The Bertz CT molecular complexity index is 375. The lowest BCUT2D eigenvalue weighted by Gasteiger charge is -2.22. The minimum atomic E-state index is 0.219. The molecule has 1 heteroatoms. The zero-order valence-corrected chi connectivity index (χ0v) is 10.1. The molecule has 0 atom stereocenters. The average molecular weight is 210 g/mol. The fourth-order valence-electron chi connectivity index (χ4n) is 3.06. The molecule has 1 aliphatic carbocycles. The van der Waals surface area contributed by atoms with Gasteiger partial charge in [0.15, 0.2) is 0 Å². The standard InChI is InChI=1S/C13H17Cl/c1-12(2)8-13(3,4)11-9(12)6-5-7-10(11)14/h5-7H,8H2,1-4H3/i8+1. The third kappa shape index (κ3) is 1.28. The highest BCUT2D eigenvalue weighted by Crippen LogP contribution is 2.51. The maximum Gasteiger partial charge on any atom is 0.0446 e. The molecule has 0 saturated heterocycles. The Balaban J connectivity index is 2.72. The molecule has 2 rings (SSSR count). The van der Waals surface area contributed by atoms with E-state index in [9.17, 15) is 0 Å². The number of fused-ring (bicyclic) bond motifs is 1. The lowest BCUT2D eigenvalue weighted by Crippen LogP contribution is -2.18. The van der Waals surface area contributed by atoms with E-state index in [1.54, 1.807) is 0 Å². The van der Waals surface area contributed by atoms with Crippen LogP contribution in [0.2, 0.25) is 5.02 Å². The van der Waals surface area contributed by atoms with Crippen LogP contribution in [-0.4, -0.2) is 0 Å². The van der Waals surface area contributed by atoms with Gasteiger partial charge in [0.05, 0.1) is 0 Å². The first-order valence-electron chi connectivity index (χ1n) is 5.14. The van der Waals surface area contributed by atoms with Crippen LogP contribution in [0.3, 0.4) is 0 Å². The van der Waals surface area contributed by atoms with E-state index in [-0.39, 0.29) is 10.8 Å². The topological polar surface area (TPSA) is 0 Å². The molecular weight excluding hydrogens is 193 g/mol. The summed E-state index contributed by atoms with van der Waals surface area (Å²) in [5.41, 5.74) is 3.27. The van der Waals surface area contributed by atoms with Gasteiger partial charge in [-0.25, -0.2) is 0 Å². The van der Waals surface area contributed by atoms with Gasteiger partial charge >= 0.3 is 0 Å². The summed E-state index contributed by atoms with van der Waals surface area (Å²) >= 11 is 6.28. The molecule has 0 unspecified atom stereocenters. The summed E-state index contributed by atoms with van der Waals surface area (Å²) in [6.45, 7) is 9.17. The predicted molar refractivity (Wildman–Crippen MR) is 62.1 cm³/mol. The van der Waals surface area contributed by atoms with Gasteiger partial charge in [0, 0.05) is 5.02 Å². The molecule has 0 saturated carbocycles. The molecule has 0 fully saturated rings. The van der Waals surface area contributed by atoms with Crippen molar-refractivity contribution in [3.05, 3.63) is 34.3 Å². The van der Waals surface area contributed by atoms with Crippen molar-refractivity contribution in [2.45, 2.75) is 44.9 Å². The molecule has 0 N–H and O–H groups in total. The quantitative estimate of drug-likeness (QED) is 0.559. The van der Waals surface area contributed by atoms with Crippen molar-refractivity contribution < 1.29 is 0 Å². The Morgan fingerprint density at radius 3 is 2.29 bits per heavy atom. The van der Waals surface area contributed by atoms with Gasteiger partial charge in [-0.3, -0.25) is 0 Å². The third-order valence-corrected chi connectivity index (χ3v) is 3.62. The number of hydrogen-bond acceptors (Lipinski definition) is 0. The third-order valence-electron chi connectivity index (χ3n) is 3.30. The van der Waals surface area contributed by atoms with Crippen molar-refractivity contribution in [1.82, 2.24) is 0 Å². The van der Waals surface area contributed by atoms with Crippen molar-refractivity contribution >= 4 is 11.6 Å². The highest BCUT2D eigenvalue weighted by Gasteiger charge is 2.42. The lowest BCUT2D eigenvalue weighted by molar-refractivity contribution is 0.403. The smallest absolute Gasteiger partial charge is 0.0446 e. The van der Waals surface area contributed by atoms with E-state index in [1.165, 1.54) is 17.5 Å². The summed E-state index contributed by atoms with van der Waals surface area (Å²) in [5, 5.41) is 0.929. The van der Waals surface area contributed by atoms with Crippen LogP contribution in [0.15, 0.2) is 18.2 Å². The molecule has 1 aliphatic rings. The Morgan fingerprint density at radius 2 is 1.71 bits per heavy atom. The van der Waals surface area contributed by atoms with Crippen molar-refractivity contribution in [1.29, 1.82) is 0 Å². The van der Waals surface area contributed by atoms with E-state index in [1.807, 2.05) is 6.07 Å². The van der Waals surface area contributed by atoms with Crippen molar-refractivity contribution in [3.63, 3.8) is 0 Å². The van der Waals surface area contributed by atoms with Crippen molar-refractivity contribution in [2.24, 2.45) is 0 Å². The highest BCUT2D eigenvalue weighted by molar-refractivity contribution is 6.31. The van der Waals surface area contributed by atoms with E-state index >= 15 is 0 Å². The fourth-order valence-corrected chi connectivity index (χ4v) is 3.49. The zero-order valence-electron chi connectivity index (χ0n) is 9.32. The molecule has 76 valence electrons. The second-order valence-corrected chi connectivity index (χ2v) is 6.01. The first-order chi connectivity index (χ1) is 6.34. The minimum Gasteiger partial charge on any atom is -0.0840 e. The normalized spacial score (nSPS) is 22.1. The van der Waals surface area contributed by atoms with Crippen LogP contribution < -0.4 is 0 Å². The molecule has 1 aromatic rings. The molecule has 1 aromatic carbocycles. The predicted octanol–water partition coefficient (Wildman–Crippen LogP) is 4.30. The van der Waals surface area contributed by atoms with Gasteiger partial charge in [-0.1, -0.05) is 51.4 Å². The first-order valence-corrected chi connectivity index (χ1v) is 5.52. The largest absolute Gasteiger partial charge is 0.0840 e. The minimum absolute atomic E-state index is 0.219. The molecule has 0 amide bonds. The lowest BCUT2D eigenvalue weighted by atomic mass is 9.91. The summed E-state index contributed by atoms with van der Waals surface area (Å²) in [4.78, 5) is 0. The second kappa shape index (κ2) is 2.76. The summed E-state index contributed by atoms with van der Waals surface area (Å²) in [6, 6.07) is 6.28. The molecular formula is C13H17Cl. The first kappa shape index (κ1) is 10.0. The van der Waals surface area contributed by atoms with Crippen LogP contribution >= 0.6 is 11.6 Å². The Hall–Kier alpha value is -0.490. The Morgan fingerprint density at radius 1 is 1.07 bits per heavy atom. The second-order valence-electron chi connectivity index (χ2n) is 5.61. The van der Waals surface area contributed by atoms with Gasteiger partial charge < -0.3 is 0 Å². The van der Waals surface area contributed by atoms with Gasteiger partial charge in [-0.2, -0.15) is 0 Å². The molecule has 0 radical (unpaired) electrons. The molecule has 0 aliphatic heterocycles. The maximum absolute atomic E-state index is 6.28. The van der Waals surface area contributed by atoms with E-state index in [0.29, 0.717) is 0 Å². The van der Waals surface area contributed by atoms with Crippen LogP contribution in [0.1, 0.15) is 45.2 Å². The van der Waals surface area contributed by atoms with E-state index in [2.05, 4.69) is 39.8 Å².